The Labute approximate surface area is 315 Å². The maximum absolute atomic E-state index is 13.6. The van der Waals surface area contributed by atoms with Gasteiger partial charge in [-0.1, -0.05) is 21.9 Å². The summed E-state index contributed by atoms with van der Waals surface area (Å²) in [5, 5.41) is 59.0. The summed E-state index contributed by atoms with van der Waals surface area (Å²) < 4.78 is 0.414. The van der Waals surface area contributed by atoms with Crippen molar-refractivity contribution in [3.05, 3.63) is 45.1 Å². The first-order valence-corrected chi connectivity index (χ1v) is 18.5. The summed E-state index contributed by atoms with van der Waals surface area (Å²) in [6.07, 6.45) is 1.33. The van der Waals surface area contributed by atoms with Gasteiger partial charge in [-0.3, -0.25) is 19.3 Å². The molecule has 2 amide bonds. The van der Waals surface area contributed by atoms with E-state index in [2.05, 4.69) is 20.6 Å². The SMILES string of the molecule is CC(C)(O/N=C(\C(=O)C[C@@H]1C(=O)N2C(C(=O)O)=C(C[N+]3(CCNC(=O)/C(=N\O)c4ccc(O)c(O)c4Cl)CCCC3)CS[C@H]12)c1csc(N)n1)C(=O)O. The van der Waals surface area contributed by atoms with Gasteiger partial charge in [0.15, 0.2) is 33.8 Å². The summed E-state index contributed by atoms with van der Waals surface area (Å²) >= 11 is 8.40. The number of thiazole rings is 1. The molecule has 0 aliphatic carbocycles. The lowest BCUT2D eigenvalue weighted by atomic mass is 9.89. The number of phenols is 2. The molecule has 1 aromatic carbocycles. The number of nitrogen functional groups attached to an aromatic ring is 1. The van der Waals surface area contributed by atoms with Crippen LogP contribution in [-0.2, 0) is 28.8 Å². The van der Waals surface area contributed by atoms with Gasteiger partial charge < -0.3 is 46.0 Å². The third-order valence-electron chi connectivity index (χ3n) is 9.25. The molecule has 0 bridgehead atoms. The number of anilines is 1. The van der Waals surface area contributed by atoms with Crippen molar-refractivity contribution in [2.24, 2.45) is 16.2 Å². The smallest absolute Gasteiger partial charge is 0.352 e. The van der Waals surface area contributed by atoms with Gasteiger partial charge in [-0.05, 0) is 26.0 Å². The summed E-state index contributed by atoms with van der Waals surface area (Å²) in [5.74, 6) is -6.48. The molecule has 18 nitrogen and oxygen atoms in total. The lowest BCUT2D eigenvalue weighted by Gasteiger charge is -2.50. The molecule has 2 aromatic rings. The number of nitrogens with one attached hydrogen (secondary N) is 1. The number of carbonyl (C=O) groups is 5. The molecule has 5 rings (SSSR count). The molecular weight excluding hydrogens is 758 g/mol. The molecule has 3 aliphatic heterocycles. The van der Waals surface area contributed by atoms with Gasteiger partial charge in [-0.2, -0.15) is 0 Å². The number of rotatable bonds is 15. The minimum Gasteiger partial charge on any atom is -0.504 e. The maximum atomic E-state index is 13.6. The Bertz CT molecular complexity index is 1940. The van der Waals surface area contributed by atoms with Gasteiger partial charge in [-0.25, -0.2) is 14.6 Å². The molecule has 4 heterocycles. The number of fused-ring (bicyclic) bond motifs is 1. The normalized spacial score (nSPS) is 20.1. The highest BCUT2D eigenvalue weighted by Crippen LogP contribution is 2.46. The van der Waals surface area contributed by atoms with E-state index in [-0.39, 0.29) is 58.1 Å². The number of carboxylic acid groups (broad SMARTS) is 2. The van der Waals surface area contributed by atoms with E-state index in [4.69, 9.17) is 22.2 Å². The van der Waals surface area contributed by atoms with E-state index in [0.717, 1.165) is 30.2 Å². The van der Waals surface area contributed by atoms with E-state index in [1.165, 1.54) is 42.0 Å². The first-order valence-electron chi connectivity index (χ1n) is 16.2. The molecule has 0 unspecified atom stereocenters. The number of ketones is 1. The molecule has 53 heavy (non-hydrogen) atoms. The fourth-order valence-corrected chi connectivity index (χ4v) is 8.59. The van der Waals surface area contributed by atoms with Gasteiger partial charge in [0.25, 0.3) is 5.91 Å². The van der Waals surface area contributed by atoms with Crippen LogP contribution >= 0.6 is 34.7 Å². The first-order chi connectivity index (χ1) is 25.0. The largest absolute Gasteiger partial charge is 0.504 e. The Morgan fingerprint density at radius 1 is 1.17 bits per heavy atom. The number of nitrogens with two attached hydrogens (primary N) is 1. The number of likely N-dealkylation sites (tertiary alicyclic amines) is 1. The molecular formula is C32H37ClN7O11S2+. The number of halogens is 1. The van der Waals surface area contributed by atoms with Gasteiger partial charge in [0.2, 0.25) is 11.5 Å². The fourth-order valence-electron chi connectivity index (χ4n) is 6.39. The Hall–Kier alpha value is -4.92. The number of hydrogen-bond acceptors (Lipinski definition) is 15. The average molecular weight is 795 g/mol. The second-order valence-electron chi connectivity index (χ2n) is 13.2. The van der Waals surface area contributed by atoms with E-state index in [9.17, 15) is 49.6 Å². The second-order valence-corrected chi connectivity index (χ2v) is 15.6. The van der Waals surface area contributed by atoms with E-state index in [1.807, 2.05) is 0 Å². The number of amides is 2. The van der Waals surface area contributed by atoms with E-state index >= 15 is 0 Å². The van der Waals surface area contributed by atoms with Crippen LogP contribution in [0.15, 0.2) is 39.1 Å². The predicted octanol–water partition coefficient (Wildman–Crippen LogP) is 1.81. The first kappa shape index (κ1) is 39.3. The Kier molecular flexibility index (Phi) is 11.6. The molecule has 2 saturated heterocycles. The number of carboxylic acids is 2. The van der Waals surface area contributed by atoms with Crippen molar-refractivity contribution in [1.82, 2.24) is 15.2 Å². The predicted molar refractivity (Wildman–Crippen MR) is 192 cm³/mol. The van der Waals surface area contributed by atoms with Gasteiger partial charge >= 0.3 is 11.9 Å². The zero-order chi connectivity index (χ0) is 38.8. The highest BCUT2D eigenvalue weighted by molar-refractivity contribution is 8.00. The third-order valence-corrected chi connectivity index (χ3v) is 11.7. The molecule has 284 valence electrons. The van der Waals surface area contributed by atoms with Crippen molar-refractivity contribution in [3.8, 4) is 11.5 Å². The van der Waals surface area contributed by atoms with Crippen LogP contribution in [0.25, 0.3) is 0 Å². The number of thioether (sulfide) groups is 1. The fraction of sp³-hybridized carbons (Fsp3) is 0.438. The number of β-lactam (4-membered cyclic amide) rings is 1. The van der Waals surface area contributed by atoms with E-state index in [0.29, 0.717) is 29.7 Å². The van der Waals surface area contributed by atoms with Crippen LogP contribution in [0.5, 0.6) is 11.5 Å². The maximum Gasteiger partial charge on any atom is 0.352 e. The molecule has 1 aromatic heterocycles. The number of benzene rings is 1. The number of carbonyl (C=O) groups excluding carboxylic acids is 3. The van der Waals surface area contributed by atoms with Gasteiger partial charge in [0.1, 0.15) is 17.9 Å². The summed E-state index contributed by atoms with van der Waals surface area (Å²) in [6.45, 7) is 4.59. The van der Waals surface area contributed by atoms with E-state index < -0.39 is 63.6 Å². The van der Waals surface area contributed by atoms with Crippen LogP contribution < -0.4 is 11.1 Å². The lowest BCUT2D eigenvalue weighted by Crippen LogP contribution is -2.63. The number of hydrogen-bond donors (Lipinski definition) is 7. The highest BCUT2D eigenvalue weighted by atomic mass is 35.5. The van der Waals surface area contributed by atoms with Gasteiger partial charge in [0, 0.05) is 41.5 Å². The molecule has 21 heteroatoms. The minimum absolute atomic E-state index is 0.0474. The third kappa shape index (κ3) is 8.04. The summed E-state index contributed by atoms with van der Waals surface area (Å²) in [7, 11) is 0. The highest BCUT2D eigenvalue weighted by Gasteiger charge is 2.55. The summed E-state index contributed by atoms with van der Waals surface area (Å²) in [6, 6.07) is 2.31. The molecule has 3 aliphatic rings. The van der Waals surface area contributed by atoms with Crippen LogP contribution in [0.1, 0.15) is 44.4 Å². The van der Waals surface area contributed by atoms with Crippen LogP contribution in [0.3, 0.4) is 0 Å². The molecule has 0 spiro atoms. The molecule has 0 saturated carbocycles. The van der Waals surface area contributed by atoms with Crippen molar-refractivity contribution in [2.45, 2.75) is 44.1 Å². The molecule has 2 atom stereocenters. The molecule has 8 N–H and O–H groups in total. The monoisotopic (exact) mass is 794 g/mol. The Balaban J connectivity index is 1.29. The van der Waals surface area contributed by atoms with Crippen LogP contribution in [0.4, 0.5) is 5.13 Å². The average Bonchev–Trinajstić information content (AvgIpc) is 3.76. The second kappa shape index (κ2) is 15.6. The van der Waals surface area contributed by atoms with Crippen molar-refractivity contribution >= 4 is 80.8 Å². The van der Waals surface area contributed by atoms with Crippen LogP contribution in [0, 0.1) is 5.92 Å². The standard InChI is InChI=1S/C32H36ClN7O11S2/c1-32(2,30(48)49)51-38-23(18-14-53-31(34)36-18)20(42)11-17-27(45)39-24(29(46)47)15(13-52-28(17)39)12-40(8-3-4-9-40)10-7-35-26(44)22(37-50)16-5-6-19(41)25(43)21(16)33/h5-6,14,17,28H,3-4,7-13H2,1-2H3,(H7-,34,35,36,37,38,41,42,43,44,46,47,48,49,50)/p+1/t17-,28-/m1/s1. The zero-order valence-electron chi connectivity index (χ0n) is 28.4. The number of aromatic nitrogens is 1. The Morgan fingerprint density at radius 2 is 1.87 bits per heavy atom. The summed E-state index contributed by atoms with van der Waals surface area (Å²) in [5.41, 5.74) is 3.47. The van der Waals surface area contributed by atoms with Crippen molar-refractivity contribution in [2.75, 3.05) is 44.2 Å². The van der Waals surface area contributed by atoms with Gasteiger partial charge in [0.05, 0.1) is 42.5 Å². The van der Waals surface area contributed by atoms with Crippen molar-refractivity contribution in [3.63, 3.8) is 0 Å². The topological polar surface area (TPSA) is 275 Å². The summed E-state index contributed by atoms with van der Waals surface area (Å²) in [4.78, 5) is 74.7. The number of aliphatic carboxylic acids is 2. The molecule has 2 fully saturated rings. The van der Waals surface area contributed by atoms with Crippen molar-refractivity contribution < 1.29 is 58.9 Å². The van der Waals surface area contributed by atoms with Crippen LogP contribution in [-0.4, -0.2) is 130 Å². The van der Waals surface area contributed by atoms with Crippen molar-refractivity contribution in [1.29, 1.82) is 0 Å². The molecule has 0 radical (unpaired) electrons. The Morgan fingerprint density at radius 3 is 2.47 bits per heavy atom. The number of phenolic OH excluding ortho intramolecular Hbond substituents is 2. The minimum atomic E-state index is -1.78. The quantitative estimate of drug-likeness (QED) is 0.0338. The lowest BCUT2D eigenvalue weighted by molar-refractivity contribution is -0.911. The number of oxime groups is 2. The number of nitrogens with zero attached hydrogens (tertiary/aromatic N) is 5. The number of aromatic hydroxyl groups is 2. The zero-order valence-corrected chi connectivity index (χ0v) is 30.8. The van der Waals surface area contributed by atoms with E-state index in [1.54, 1.807) is 0 Å². The number of quaternary nitrogens is 1. The van der Waals surface area contributed by atoms with Gasteiger partial charge in [-0.15, -0.1) is 23.1 Å². The van der Waals surface area contributed by atoms with Crippen LogP contribution in [0.2, 0.25) is 5.02 Å². The number of Topliss-reactive ketones (excluding diaryl/α,β-unsaturated/α-hetero) is 1.